The maximum absolute atomic E-state index is 13.5. The molecule has 4 nitrogen and oxygen atoms in total. The van der Waals surface area contributed by atoms with Gasteiger partial charge in [0.2, 0.25) is 0 Å². The first-order valence-corrected chi connectivity index (χ1v) is 10.2. The Morgan fingerprint density at radius 2 is 1.93 bits per heavy atom. The van der Waals surface area contributed by atoms with Crippen molar-refractivity contribution in [3.05, 3.63) is 34.3 Å². The number of ether oxygens (including phenoxy) is 1. The Bertz CT molecular complexity index is 675. The van der Waals surface area contributed by atoms with Crippen LogP contribution in [0, 0.1) is 5.92 Å². The van der Waals surface area contributed by atoms with Crippen LogP contribution in [0.15, 0.2) is 33.1 Å². The summed E-state index contributed by atoms with van der Waals surface area (Å²) in [5.74, 6) is -2.91. The third-order valence-electron chi connectivity index (χ3n) is 3.50. The molecule has 152 valence electrons. The molecule has 0 N–H and O–H groups in total. The number of hydrogen-bond acceptors (Lipinski definition) is 4. The van der Waals surface area contributed by atoms with Gasteiger partial charge in [0.25, 0.3) is 0 Å². The van der Waals surface area contributed by atoms with E-state index in [0.717, 1.165) is 0 Å². The Morgan fingerprint density at radius 3 is 2.41 bits per heavy atom. The maximum Gasteiger partial charge on any atom is 0.392 e. The van der Waals surface area contributed by atoms with Crippen LogP contribution in [-0.2, 0) is 20.9 Å². The second-order valence-electron chi connectivity index (χ2n) is 6.86. The van der Waals surface area contributed by atoms with Gasteiger partial charge in [-0.25, -0.2) is 0 Å². The highest BCUT2D eigenvalue weighted by atomic mass is 79.9. The van der Waals surface area contributed by atoms with Crippen LogP contribution in [0.3, 0.4) is 0 Å². The number of rotatable bonds is 7. The molecule has 0 amide bonds. The quantitative estimate of drug-likeness (QED) is 0.312. The molecule has 0 saturated heterocycles. The molecule has 9 heteroatoms. The molecule has 0 saturated carbocycles. The predicted molar refractivity (Wildman–Crippen MR) is 104 cm³/mol. The van der Waals surface area contributed by atoms with E-state index in [1.807, 2.05) is 0 Å². The molecule has 1 aromatic rings. The van der Waals surface area contributed by atoms with Crippen molar-refractivity contribution < 1.29 is 27.3 Å². The van der Waals surface area contributed by atoms with Gasteiger partial charge in [0.05, 0.1) is 24.7 Å². The molecule has 2 atom stereocenters. The molecule has 1 aromatic carbocycles. The second-order valence-corrected chi connectivity index (χ2v) is 9.68. The van der Waals surface area contributed by atoms with Crippen molar-refractivity contribution in [2.75, 3.05) is 6.61 Å². The van der Waals surface area contributed by atoms with Crippen LogP contribution < -0.4 is 0 Å². The number of esters is 1. The normalized spacial score (nSPS) is 15.4. The first-order valence-electron chi connectivity index (χ1n) is 8.32. The van der Waals surface area contributed by atoms with Crippen molar-refractivity contribution in [3.8, 4) is 0 Å². The second kappa shape index (κ2) is 9.93. The highest BCUT2D eigenvalue weighted by Gasteiger charge is 2.42. The molecule has 0 spiro atoms. The van der Waals surface area contributed by atoms with Crippen molar-refractivity contribution in [1.82, 2.24) is 0 Å². The summed E-state index contributed by atoms with van der Waals surface area (Å²) in [5.41, 5.74) is 0.455. The van der Waals surface area contributed by atoms with E-state index in [4.69, 9.17) is 0 Å². The molecule has 2 unspecified atom stereocenters. The van der Waals surface area contributed by atoms with Crippen LogP contribution in [0.1, 0.15) is 46.1 Å². The fraction of sp³-hybridized carbons (Fsp3) is 0.556. The van der Waals surface area contributed by atoms with Gasteiger partial charge in [-0.3, -0.25) is 4.79 Å². The van der Waals surface area contributed by atoms with Gasteiger partial charge in [-0.1, -0.05) is 32.5 Å². The van der Waals surface area contributed by atoms with Crippen molar-refractivity contribution in [2.24, 2.45) is 10.3 Å². The third-order valence-corrected chi connectivity index (χ3v) is 5.42. The van der Waals surface area contributed by atoms with E-state index >= 15 is 0 Å². The molecule has 0 aliphatic heterocycles. The number of carbonyl (C=O) groups is 1. The Hall–Kier alpha value is -1.06. The minimum atomic E-state index is -4.62. The van der Waals surface area contributed by atoms with Gasteiger partial charge in [-0.05, 0) is 39.8 Å². The number of benzene rings is 1. The lowest BCUT2D eigenvalue weighted by Gasteiger charge is -2.23. The highest BCUT2D eigenvalue weighted by Crippen LogP contribution is 2.34. The molecule has 27 heavy (non-hydrogen) atoms. The average Bonchev–Trinajstić information content (AvgIpc) is 2.51. The maximum atomic E-state index is 13.5. The number of alkyl halides is 3. The van der Waals surface area contributed by atoms with E-state index in [1.165, 1.54) is 6.92 Å². The first-order chi connectivity index (χ1) is 12.3. The van der Waals surface area contributed by atoms with Gasteiger partial charge >= 0.3 is 12.1 Å². The summed E-state index contributed by atoms with van der Waals surface area (Å²) in [7, 11) is 0. The Labute approximate surface area is 169 Å². The summed E-state index contributed by atoms with van der Waals surface area (Å²) in [6, 6.07) is 6.59. The average molecular weight is 470 g/mol. The van der Waals surface area contributed by atoms with Crippen LogP contribution in [0.25, 0.3) is 0 Å². The van der Waals surface area contributed by atoms with Gasteiger partial charge in [0, 0.05) is 16.5 Å². The summed E-state index contributed by atoms with van der Waals surface area (Å²) < 4.78 is 61.6. The number of halogens is 4. The largest absolute Gasteiger partial charge is 0.591 e. The molecule has 0 aliphatic rings. The van der Waals surface area contributed by atoms with E-state index in [1.54, 1.807) is 45.0 Å². The summed E-state index contributed by atoms with van der Waals surface area (Å²) >= 11 is 1.53. The van der Waals surface area contributed by atoms with Gasteiger partial charge in [0.15, 0.2) is 0 Å². The van der Waals surface area contributed by atoms with Gasteiger partial charge < -0.3 is 9.29 Å². The van der Waals surface area contributed by atoms with Crippen molar-refractivity contribution in [2.45, 2.75) is 51.5 Å². The minimum Gasteiger partial charge on any atom is -0.591 e. The minimum absolute atomic E-state index is 0.00400. The zero-order valence-electron chi connectivity index (χ0n) is 15.6. The molecule has 0 aromatic heterocycles. The van der Waals surface area contributed by atoms with Gasteiger partial charge in [-0.2, -0.15) is 13.2 Å². The number of carbonyl (C=O) groups excluding carboxylic acids is 1. The number of hydrogen-bond donors (Lipinski definition) is 0. The van der Waals surface area contributed by atoms with Crippen LogP contribution in [0.4, 0.5) is 13.2 Å². The fourth-order valence-electron chi connectivity index (χ4n) is 2.07. The number of nitrogens with zero attached hydrogens (tertiary/aromatic N) is 1. The fourth-order valence-corrected chi connectivity index (χ4v) is 3.12. The molecule has 0 fully saturated rings. The molecule has 0 aliphatic carbocycles. The van der Waals surface area contributed by atoms with E-state index in [9.17, 15) is 22.5 Å². The van der Waals surface area contributed by atoms with Crippen LogP contribution in [0.5, 0.6) is 0 Å². The molecule has 0 bridgehead atoms. The highest BCUT2D eigenvalue weighted by molar-refractivity contribution is 9.10. The summed E-state index contributed by atoms with van der Waals surface area (Å²) in [6.45, 7) is 6.59. The summed E-state index contributed by atoms with van der Waals surface area (Å²) in [4.78, 5) is 11.6. The first kappa shape index (κ1) is 24.0. The molecule has 0 radical (unpaired) electrons. The molecular weight excluding hydrogens is 447 g/mol. The Balaban J connectivity index is 3.27. The van der Waals surface area contributed by atoms with E-state index in [-0.39, 0.29) is 12.3 Å². The SMILES string of the molecule is CCOC(=O)CC(C/C(=N/[S+]([O-])C(C)(C)C)c1cccc(Br)c1)C(F)(F)F. The van der Waals surface area contributed by atoms with Crippen molar-refractivity contribution >= 4 is 39.0 Å². The van der Waals surface area contributed by atoms with Crippen LogP contribution >= 0.6 is 15.9 Å². The summed E-state index contributed by atoms with van der Waals surface area (Å²) in [6.07, 6.45) is -6.00. The zero-order chi connectivity index (χ0) is 20.8. The van der Waals surface area contributed by atoms with Crippen LogP contribution in [-0.4, -0.2) is 33.8 Å². The molecule has 0 heterocycles. The standard InChI is InChI=1S/C18H23BrF3NO3S/c1-5-26-16(24)11-13(18(20,21)22)10-15(23-27(25)17(2,3)4)12-7-6-8-14(19)9-12/h6-9,13H,5,10-11H2,1-4H3/b23-15-. The van der Waals surface area contributed by atoms with Gasteiger partial charge in [0.1, 0.15) is 16.1 Å². The van der Waals surface area contributed by atoms with Gasteiger partial charge in [-0.15, -0.1) is 0 Å². The Morgan fingerprint density at radius 1 is 1.30 bits per heavy atom. The molecule has 1 rings (SSSR count). The van der Waals surface area contributed by atoms with E-state index in [2.05, 4.69) is 25.1 Å². The lowest BCUT2D eigenvalue weighted by molar-refractivity contribution is -0.182. The summed E-state index contributed by atoms with van der Waals surface area (Å²) in [5, 5.41) is 0. The lowest BCUT2D eigenvalue weighted by Crippen LogP contribution is -2.31. The lowest BCUT2D eigenvalue weighted by atomic mass is 9.94. The van der Waals surface area contributed by atoms with E-state index in [0.29, 0.717) is 10.0 Å². The predicted octanol–water partition coefficient (Wildman–Crippen LogP) is 5.22. The Kier molecular flexibility index (Phi) is 8.82. The zero-order valence-corrected chi connectivity index (χ0v) is 18.0. The smallest absolute Gasteiger partial charge is 0.392 e. The van der Waals surface area contributed by atoms with Crippen LogP contribution in [0.2, 0.25) is 0 Å². The van der Waals surface area contributed by atoms with Crippen molar-refractivity contribution in [1.29, 1.82) is 0 Å². The molecular formula is C18H23BrF3NO3S. The third kappa shape index (κ3) is 8.23. The van der Waals surface area contributed by atoms with Crippen molar-refractivity contribution in [3.63, 3.8) is 0 Å². The monoisotopic (exact) mass is 469 g/mol. The topological polar surface area (TPSA) is 61.7 Å². The van der Waals surface area contributed by atoms with E-state index < -0.39 is 47.0 Å².